The van der Waals surface area contributed by atoms with Crippen LogP contribution in [0, 0.1) is 5.92 Å². The van der Waals surface area contributed by atoms with Gasteiger partial charge < -0.3 is 10.6 Å². The Bertz CT molecular complexity index is 865. The van der Waals surface area contributed by atoms with Gasteiger partial charge in [-0.3, -0.25) is 14.9 Å². The molecule has 0 saturated heterocycles. The van der Waals surface area contributed by atoms with Crippen LogP contribution >= 0.6 is 0 Å². The van der Waals surface area contributed by atoms with Crippen LogP contribution in [0.1, 0.15) is 43.0 Å². The highest BCUT2D eigenvalue weighted by Gasteiger charge is 2.40. The lowest BCUT2D eigenvalue weighted by Gasteiger charge is -2.22. The van der Waals surface area contributed by atoms with Crippen molar-refractivity contribution in [2.24, 2.45) is 5.92 Å². The Hall–Kier alpha value is -2.87. The zero-order chi connectivity index (χ0) is 21.7. The van der Waals surface area contributed by atoms with E-state index in [4.69, 9.17) is 0 Å². The van der Waals surface area contributed by atoms with Crippen LogP contribution in [0.3, 0.4) is 0 Å². The van der Waals surface area contributed by atoms with Gasteiger partial charge in [-0.2, -0.15) is 13.2 Å². The highest BCUT2D eigenvalue weighted by molar-refractivity contribution is 5.94. The van der Waals surface area contributed by atoms with E-state index in [2.05, 4.69) is 16.0 Å². The van der Waals surface area contributed by atoms with Gasteiger partial charge in [0.15, 0.2) is 0 Å². The van der Waals surface area contributed by atoms with Crippen LogP contribution in [0.4, 0.5) is 18.9 Å². The summed E-state index contributed by atoms with van der Waals surface area (Å²) in [4.78, 5) is 24.0. The van der Waals surface area contributed by atoms with Crippen LogP contribution in [0.2, 0.25) is 0 Å². The molecule has 0 bridgehead atoms. The third-order valence-electron chi connectivity index (χ3n) is 4.93. The van der Waals surface area contributed by atoms with E-state index >= 15 is 0 Å². The van der Waals surface area contributed by atoms with Gasteiger partial charge in [-0.15, -0.1) is 0 Å². The van der Waals surface area contributed by atoms with E-state index < -0.39 is 30.7 Å². The minimum Gasteiger partial charge on any atom is -0.348 e. The molecule has 8 heteroatoms. The van der Waals surface area contributed by atoms with Crippen LogP contribution in [-0.4, -0.2) is 24.5 Å². The molecule has 2 atom stereocenters. The molecule has 2 aromatic carbocycles. The van der Waals surface area contributed by atoms with Crippen LogP contribution in [-0.2, 0) is 9.59 Å². The Kier molecular flexibility index (Phi) is 6.77. The van der Waals surface area contributed by atoms with E-state index in [1.165, 1.54) is 24.3 Å². The van der Waals surface area contributed by atoms with Gasteiger partial charge in [0, 0.05) is 11.6 Å². The molecule has 1 aliphatic carbocycles. The fourth-order valence-corrected chi connectivity index (χ4v) is 3.08. The largest absolute Gasteiger partial charge is 0.407 e. The molecule has 1 aliphatic rings. The summed E-state index contributed by atoms with van der Waals surface area (Å²) in [5.74, 6) is -0.432. The topological polar surface area (TPSA) is 70.2 Å². The summed E-state index contributed by atoms with van der Waals surface area (Å²) in [6.07, 6.45) is -2.69. The first-order valence-corrected chi connectivity index (χ1v) is 9.79. The summed E-state index contributed by atoms with van der Waals surface area (Å²) in [6.45, 7) is 1.27. The number of hydrogen-bond acceptors (Lipinski definition) is 3. The number of carbonyl (C=O) groups is 2. The predicted molar refractivity (Wildman–Crippen MR) is 108 cm³/mol. The summed E-state index contributed by atoms with van der Waals surface area (Å²) in [5, 5.41) is 7.81. The summed E-state index contributed by atoms with van der Waals surface area (Å²) in [7, 11) is 0. The highest BCUT2D eigenvalue weighted by Crippen LogP contribution is 2.32. The molecule has 2 unspecified atom stereocenters. The number of hydrogen-bond donors (Lipinski definition) is 3. The van der Waals surface area contributed by atoms with Gasteiger partial charge in [-0.05, 0) is 43.0 Å². The predicted octanol–water partition coefficient (Wildman–Crippen LogP) is 4.11. The molecule has 0 aromatic heterocycles. The molecule has 30 heavy (non-hydrogen) atoms. The number of nitrogens with one attached hydrogen (secondary N) is 3. The summed E-state index contributed by atoms with van der Waals surface area (Å²) in [5.41, 5.74) is 1.50. The quantitative estimate of drug-likeness (QED) is 0.603. The third-order valence-corrected chi connectivity index (χ3v) is 4.93. The number of amides is 2. The second-order valence-electron chi connectivity index (χ2n) is 7.44. The van der Waals surface area contributed by atoms with Gasteiger partial charge in [0.05, 0.1) is 12.6 Å². The number of rotatable bonds is 8. The molecule has 1 saturated carbocycles. The number of anilines is 1. The van der Waals surface area contributed by atoms with Gasteiger partial charge in [-0.1, -0.05) is 42.5 Å². The summed E-state index contributed by atoms with van der Waals surface area (Å²) < 4.78 is 40.0. The maximum Gasteiger partial charge on any atom is 0.407 e. The standard InChI is InChI=1S/C22H24F3N3O2/c1-14(15-9-11-18(12-10-15)28-21(30)17-7-8-17)27-19(29)13-26-20(22(23,24)25)16-5-3-2-4-6-16/h2-6,9-12,14,17,20,26H,7-8,13H2,1H3,(H,27,29)(H,28,30). The Balaban J connectivity index is 1.52. The Labute approximate surface area is 173 Å². The second kappa shape index (κ2) is 9.30. The zero-order valence-corrected chi connectivity index (χ0v) is 16.5. The number of benzene rings is 2. The Morgan fingerprint density at radius 3 is 2.20 bits per heavy atom. The molecule has 1 fully saturated rings. The van der Waals surface area contributed by atoms with Crippen LogP contribution < -0.4 is 16.0 Å². The van der Waals surface area contributed by atoms with Crippen LogP contribution in [0.5, 0.6) is 0 Å². The number of alkyl halides is 3. The monoisotopic (exact) mass is 419 g/mol. The Morgan fingerprint density at radius 1 is 1.00 bits per heavy atom. The molecule has 3 N–H and O–H groups in total. The molecule has 0 aliphatic heterocycles. The second-order valence-corrected chi connectivity index (χ2v) is 7.44. The fraction of sp³-hybridized carbons (Fsp3) is 0.364. The molecule has 0 spiro atoms. The van der Waals surface area contributed by atoms with Crippen molar-refractivity contribution in [3.05, 3.63) is 65.7 Å². The van der Waals surface area contributed by atoms with Gasteiger partial charge in [0.25, 0.3) is 0 Å². The van der Waals surface area contributed by atoms with Crippen molar-refractivity contribution in [3.63, 3.8) is 0 Å². The highest BCUT2D eigenvalue weighted by atomic mass is 19.4. The molecule has 0 heterocycles. The molecular formula is C22H24F3N3O2. The molecule has 2 aromatic rings. The lowest BCUT2D eigenvalue weighted by atomic mass is 10.1. The van der Waals surface area contributed by atoms with E-state index in [1.54, 1.807) is 37.3 Å². The fourth-order valence-electron chi connectivity index (χ4n) is 3.08. The van der Waals surface area contributed by atoms with E-state index in [0.717, 1.165) is 18.4 Å². The van der Waals surface area contributed by atoms with E-state index in [0.29, 0.717) is 5.69 Å². The number of carbonyl (C=O) groups excluding carboxylic acids is 2. The van der Waals surface area contributed by atoms with Crippen molar-refractivity contribution in [1.82, 2.24) is 10.6 Å². The van der Waals surface area contributed by atoms with Crippen molar-refractivity contribution < 1.29 is 22.8 Å². The van der Waals surface area contributed by atoms with Crippen molar-refractivity contribution in [2.75, 3.05) is 11.9 Å². The van der Waals surface area contributed by atoms with Crippen molar-refractivity contribution in [2.45, 2.75) is 38.0 Å². The first kappa shape index (κ1) is 21.8. The summed E-state index contributed by atoms with van der Waals surface area (Å²) >= 11 is 0. The molecular weight excluding hydrogens is 395 g/mol. The van der Waals surface area contributed by atoms with E-state index in [-0.39, 0.29) is 17.4 Å². The minimum absolute atomic E-state index is 0.00723. The van der Waals surface area contributed by atoms with Crippen molar-refractivity contribution in [1.29, 1.82) is 0 Å². The number of halogens is 3. The zero-order valence-electron chi connectivity index (χ0n) is 16.5. The average molecular weight is 419 g/mol. The maximum absolute atomic E-state index is 13.3. The van der Waals surface area contributed by atoms with E-state index in [1.807, 2.05) is 0 Å². The lowest BCUT2D eigenvalue weighted by Crippen LogP contribution is -2.41. The first-order chi connectivity index (χ1) is 14.2. The van der Waals surface area contributed by atoms with Crippen molar-refractivity contribution in [3.8, 4) is 0 Å². The molecule has 3 rings (SSSR count). The first-order valence-electron chi connectivity index (χ1n) is 9.79. The maximum atomic E-state index is 13.3. The van der Waals surface area contributed by atoms with Crippen molar-refractivity contribution >= 4 is 17.5 Å². The third kappa shape index (κ3) is 6.06. The smallest absolute Gasteiger partial charge is 0.348 e. The van der Waals surface area contributed by atoms with Gasteiger partial charge in [-0.25, -0.2) is 0 Å². The SMILES string of the molecule is CC(NC(=O)CNC(c1ccccc1)C(F)(F)F)c1ccc(NC(=O)C2CC2)cc1. The lowest BCUT2D eigenvalue weighted by molar-refractivity contribution is -0.158. The minimum atomic E-state index is -4.52. The van der Waals surface area contributed by atoms with Gasteiger partial charge in [0.1, 0.15) is 6.04 Å². The molecule has 160 valence electrons. The van der Waals surface area contributed by atoms with Gasteiger partial charge >= 0.3 is 6.18 Å². The average Bonchev–Trinajstić information content (AvgIpc) is 3.54. The molecule has 0 radical (unpaired) electrons. The van der Waals surface area contributed by atoms with Crippen LogP contribution in [0.25, 0.3) is 0 Å². The van der Waals surface area contributed by atoms with Gasteiger partial charge in [0.2, 0.25) is 11.8 Å². The summed E-state index contributed by atoms with van der Waals surface area (Å²) in [6, 6.07) is 12.1. The van der Waals surface area contributed by atoms with Crippen LogP contribution in [0.15, 0.2) is 54.6 Å². The van der Waals surface area contributed by atoms with E-state index in [9.17, 15) is 22.8 Å². The molecule has 5 nitrogen and oxygen atoms in total. The Morgan fingerprint density at radius 2 is 1.63 bits per heavy atom. The molecule has 2 amide bonds. The normalized spacial score (nSPS) is 15.9.